The molecule has 0 aromatic rings. The summed E-state index contributed by atoms with van der Waals surface area (Å²) in [5.41, 5.74) is 0. The van der Waals surface area contributed by atoms with E-state index in [1.807, 2.05) is 13.8 Å². The largest absolute Gasteiger partial charge is 0.329 e. The van der Waals surface area contributed by atoms with Gasteiger partial charge in [0.2, 0.25) is 0 Å². The van der Waals surface area contributed by atoms with Crippen molar-refractivity contribution < 1.29 is 4.53 Å². The third-order valence-electron chi connectivity index (χ3n) is 1.43. The molecule has 8 heavy (non-hydrogen) atoms. The summed E-state index contributed by atoms with van der Waals surface area (Å²) >= 11 is 0. The van der Waals surface area contributed by atoms with E-state index in [4.69, 9.17) is 11.3 Å². The van der Waals surface area contributed by atoms with Crippen LogP contribution in [0.2, 0.25) is 12.1 Å². The van der Waals surface area contributed by atoms with E-state index in [0.29, 0.717) is 0 Å². The second-order valence-corrected chi connectivity index (χ2v) is 5.67. The van der Waals surface area contributed by atoms with Crippen molar-refractivity contribution in [1.82, 2.24) is 0 Å². The van der Waals surface area contributed by atoms with Crippen LogP contribution in [0.25, 0.3) is 0 Å². The van der Waals surface area contributed by atoms with Gasteiger partial charge in [-0.25, -0.2) is 5.90 Å². The third-order valence-corrected chi connectivity index (χ3v) is 4.29. The van der Waals surface area contributed by atoms with Crippen molar-refractivity contribution in [2.45, 2.75) is 25.9 Å². The molecule has 0 unspecified atom stereocenters. The maximum Gasteiger partial charge on any atom is 0.289 e. The Labute approximate surface area is 51.2 Å². The van der Waals surface area contributed by atoms with Crippen molar-refractivity contribution in [3.63, 3.8) is 0 Å². The van der Waals surface area contributed by atoms with Crippen LogP contribution in [0.4, 0.5) is 0 Å². The van der Waals surface area contributed by atoms with Gasteiger partial charge in [0.05, 0.1) is 0 Å². The van der Waals surface area contributed by atoms with Gasteiger partial charge in [-0.3, -0.25) is 0 Å². The molecule has 4 N–H and O–H groups in total. The van der Waals surface area contributed by atoms with Crippen LogP contribution >= 0.6 is 0 Å². The molecule has 0 aliphatic carbocycles. The summed E-state index contributed by atoms with van der Waals surface area (Å²) in [6.07, 6.45) is 0. The number of hydrogen-bond donors (Lipinski definition) is 2. The Hall–Kier alpha value is 0.0969. The van der Waals surface area contributed by atoms with Gasteiger partial charge in [-0.05, 0) is 12.1 Å². The zero-order chi connectivity index (χ0) is 6.62. The lowest BCUT2D eigenvalue weighted by atomic mass is 10.9. The lowest BCUT2D eigenvalue weighted by Crippen LogP contribution is -2.49. The molecule has 0 aromatic carbocycles. The van der Waals surface area contributed by atoms with E-state index in [1.165, 1.54) is 0 Å². The molecule has 0 fully saturated rings. The first-order valence-corrected chi connectivity index (χ1v) is 5.25. The molecule has 50 valence electrons. The first-order valence-electron chi connectivity index (χ1n) is 2.85. The number of hydrogen-bond acceptors (Lipinski definition) is 3. The normalized spacial score (nSPS) is 12.0. The molecule has 0 saturated carbocycles. The van der Waals surface area contributed by atoms with E-state index in [-0.39, 0.29) is 0 Å². The van der Waals surface area contributed by atoms with Crippen LogP contribution in [0.3, 0.4) is 0 Å². The molecule has 0 heterocycles. The van der Waals surface area contributed by atoms with Crippen molar-refractivity contribution in [1.29, 1.82) is 0 Å². The van der Waals surface area contributed by atoms with Crippen LogP contribution in [0, 0.1) is 0 Å². The third kappa shape index (κ3) is 1.91. The standard InChI is InChI=1S/C4H14N2OSi/c1-3-8(6,4-2)7-5/h3-6H2,1-2H3. The van der Waals surface area contributed by atoms with E-state index in [1.54, 1.807) is 0 Å². The Balaban J connectivity index is 3.58. The Morgan fingerprint density at radius 1 is 1.38 bits per heavy atom. The Morgan fingerprint density at radius 2 is 1.75 bits per heavy atom. The van der Waals surface area contributed by atoms with Gasteiger partial charge in [0, 0.05) is 0 Å². The minimum Gasteiger partial charge on any atom is -0.329 e. The Kier molecular flexibility index (Phi) is 3.23. The van der Waals surface area contributed by atoms with Crippen molar-refractivity contribution in [3.05, 3.63) is 0 Å². The number of nitrogens with two attached hydrogens (primary N) is 2. The highest BCUT2D eigenvalue weighted by molar-refractivity contribution is 6.70. The summed E-state index contributed by atoms with van der Waals surface area (Å²) in [7, 11) is -1.89. The molecule has 0 rings (SSSR count). The average molecular weight is 134 g/mol. The van der Waals surface area contributed by atoms with Gasteiger partial charge in [-0.1, -0.05) is 13.8 Å². The summed E-state index contributed by atoms with van der Waals surface area (Å²) in [4.78, 5) is 0. The molecule has 0 radical (unpaired) electrons. The van der Waals surface area contributed by atoms with E-state index < -0.39 is 8.48 Å². The summed E-state index contributed by atoms with van der Waals surface area (Å²) < 4.78 is 4.65. The first-order chi connectivity index (χ1) is 3.68. The molecule has 0 bridgehead atoms. The van der Waals surface area contributed by atoms with Crippen LogP contribution in [-0.4, -0.2) is 8.48 Å². The molecule has 0 amide bonds. The lowest BCUT2D eigenvalue weighted by Gasteiger charge is -2.18. The summed E-state index contributed by atoms with van der Waals surface area (Å²) in [5.74, 6) is 4.96. The van der Waals surface area contributed by atoms with E-state index >= 15 is 0 Å². The van der Waals surface area contributed by atoms with Crippen molar-refractivity contribution in [3.8, 4) is 0 Å². The summed E-state index contributed by atoms with van der Waals surface area (Å²) in [5, 5.41) is 5.69. The topological polar surface area (TPSA) is 61.3 Å². The SMILES string of the molecule is CC[Si](N)(CC)ON. The monoisotopic (exact) mass is 134 g/mol. The van der Waals surface area contributed by atoms with Crippen molar-refractivity contribution in [2.24, 2.45) is 11.3 Å². The quantitative estimate of drug-likeness (QED) is 0.431. The molecule has 4 heteroatoms. The average Bonchev–Trinajstić information content (AvgIpc) is 1.87. The molecule has 3 nitrogen and oxygen atoms in total. The van der Waals surface area contributed by atoms with Gasteiger partial charge in [0.25, 0.3) is 8.48 Å². The van der Waals surface area contributed by atoms with Gasteiger partial charge >= 0.3 is 0 Å². The highest BCUT2D eigenvalue weighted by atomic mass is 28.4. The maximum atomic E-state index is 5.69. The minimum atomic E-state index is -1.89. The predicted octanol–water partition coefficient (Wildman–Crippen LogP) is 0.317. The van der Waals surface area contributed by atoms with E-state index in [9.17, 15) is 0 Å². The molecular weight excluding hydrogens is 120 g/mol. The molecule has 0 saturated heterocycles. The first kappa shape index (κ1) is 8.10. The fraction of sp³-hybridized carbons (Fsp3) is 1.00. The second-order valence-electron chi connectivity index (χ2n) is 1.89. The number of rotatable bonds is 3. The molecule has 0 spiro atoms. The molecule has 0 aliphatic heterocycles. The molecule has 0 atom stereocenters. The lowest BCUT2D eigenvalue weighted by molar-refractivity contribution is 0.315. The maximum absolute atomic E-state index is 5.69. The van der Waals surface area contributed by atoms with Gasteiger partial charge in [-0.2, -0.15) is 0 Å². The molecular formula is C4H14N2OSi. The fourth-order valence-corrected chi connectivity index (χ4v) is 1.25. The van der Waals surface area contributed by atoms with Crippen LogP contribution in [0.15, 0.2) is 0 Å². The van der Waals surface area contributed by atoms with Crippen LogP contribution < -0.4 is 11.3 Å². The van der Waals surface area contributed by atoms with Crippen molar-refractivity contribution in [2.75, 3.05) is 0 Å². The zero-order valence-corrected chi connectivity index (χ0v) is 6.48. The predicted molar refractivity (Wildman–Crippen MR) is 36.2 cm³/mol. The van der Waals surface area contributed by atoms with Gasteiger partial charge in [-0.15, -0.1) is 0 Å². The van der Waals surface area contributed by atoms with Gasteiger partial charge in [0.1, 0.15) is 0 Å². The highest BCUT2D eigenvalue weighted by Gasteiger charge is 2.24. The smallest absolute Gasteiger partial charge is 0.289 e. The highest BCUT2D eigenvalue weighted by Crippen LogP contribution is 2.05. The summed E-state index contributed by atoms with van der Waals surface area (Å²) in [6, 6.07) is 1.78. The van der Waals surface area contributed by atoms with E-state index in [0.717, 1.165) is 12.1 Å². The Morgan fingerprint density at radius 3 is 1.75 bits per heavy atom. The van der Waals surface area contributed by atoms with Crippen molar-refractivity contribution >= 4 is 8.48 Å². The van der Waals surface area contributed by atoms with Gasteiger partial charge in [0.15, 0.2) is 0 Å². The van der Waals surface area contributed by atoms with Crippen LogP contribution in [0.5, 0.6) is 0 Å². The second kappa shape index (κ2) is 3.19. The zero-order valence-electron chi connectivity index (χ0n) is 5.48. The van der Waals surface area contributed by atoms with Gasteiger partial charge < -0.3 is 9.93 Å². The fourth-order valence-electron chi connectivity index (χ4n) is 0.417. The van der Waals surface area contributed by atoms with Crippen LogP contribution in [0.1, 0.15) is 13.8 Å². The molecule has 0 aliphatic rings. The molecule has 0 aromatic heterocycles. The minimum absolute atomic E-state index is 0.889. The van der Waals surface area contributed by atoms with Crippen LogP contribution in [-0.2, 0) is 4.53 Å². The van der Waals surface area contributed by atoms with E-state index in [2.05, 4.69) is 4.53 Å². The summed E-state index contributed by atoms with van der Waals surface area (Å²) in [6.45, 7) is 4.01. The Bertz CT molecular complexity index is 56.8.